The molecule has 1 aromatic heterocycles. The van der Waals surface area contributed by atoms with Crippen LogP contribution in [0.3, 0.4) is 0 Å². The summed E-state index contributed by atoms with van der Waals surface area (Å²) in [7, 11) is 0. The number of carbonyl (C=O) groups is 2. The second kappa shape index (κ2) is 6.09. The molecule has 1 N–H and O–H groups in total. The van der Waals surface area contributed by atoms with Gasteiger partial charge in [-0.15, -0.1) is 0 Å². The molecule has 5 nitrogen and oxygen atoms in total. The van der Waals surface area contributed by atoms with Crippen molar-refractivity contribution in [1.82, 2.24) is 9.88 Å². The van der Waals surface area contributed by atoms with Gasteiger partial charge in [0.05, 0.1) is 17.7 Å². The zero-order valence-electron chi connectivity index (χ0n) is 10.3. The Bertz CT molecular complexity index is 451. The van der Waals surface area contributed by atoms with E-state index >= 15 is 0 Å². The van der Waals surface area contributed by atoms with E-state index < -0.39 is 23.6 Å². The maximum atomic E-state index is 13.0. The number of aliphatic carboxylic acids is 1. The highest BCUT2D eigenvalue weighted by Crippen LogP contribution is 2.08. The van der Waals surface area contributed by atoms with E-state index in [0.29, 0.717) is 6.54 Å². The summed E-state index contributed by atoms with van der Waals surface area (Å²) in [5.41, 5.74) is 0.120. The third-order valence-electron chi connectivity index (χ3n) is 2.54. The molecule has 0 radical (unpaired) electrons. The van der Waals surface area contributed by atoms with Gasteiger partial charge in [-0.3, -0.25) is 14.6 Å². The van der Waals surface area contributed by atoms with Crippen LogP contribution in [0.15, 0.2) is 18.5 Å². The molecule has 1 heterocycles. The van der Waals surface area contributed by atoms with Gasteiger partial charge in [0, 0.05) is 19.3 Å². The third kappa shape index (κ3) is 3.51. The number of halogens is 1. The topological polar surface area (TPSA) is 70.5 Å². The maximum absolute atomic E-state index is 13.0. The molecule has 0 spiro atoms. The maximum Gasteiger partial charge on any atom is 0.308 e. The van der Waals surface area contributed by atoms with Gasteiger partial charge in [0.2, 0.25) is 0 Å². The molecule has 18 heavy (non-hydrogen) atoms. The number of rotatable bonds is 5. The quantitative estimate of drug-likeness (QED) is 0.862. The van der Waals surface area contributed by atoms with Gasteiger partial charge in [0.25, 0.3) is 5.91 Å². The summed E-state index contributed by atoms with van der Waals surface area (Å²) in [6.45, 7) is 3.69. The smallest absolute Gasteiger partial charge is 0.308 e. The Morgan fingerprint density at radius 1 is 1.50 bits per heavy atom. The van der Waals surface area contributed by atoms with Gasteiger partial charge in [-0.1, -0.05) is 6.92 Å². The molecule has 1 unspecified atom stereocenters. The van der Waals surface area contributed by atoms with Crippen molar-refractivity contribution < 1.29 is 19.1 Å². The molecule has 0 aliphatic carbocycles. The summed E-state index contributed by atoms with van der Waals surface area (Å²) in [5, 5.41) is 8.81. The minimum Gasteiger partial charge on any atom is -0.481 e. The highest BCUT2D eigenvalue weighted by molar-refractivity contribution is 5.94. The van der Waals surface area contributed by atoms with Crippen molar-refractivity contribution in [3.63, 3.8) is 0 Å². The molecular weight excluding hydrogens is 239 g/mol. The summed E-state index contributed by atoms with van der Waals surface area (Å²) >= 11 is 0. The van der Waals surface area contributed by atoms with Gasteiger partial charge >= 0.3 is 5.97 Å². The van der Waals surface area contributed by atoms with Crippen molar-refractivity contribution in [3.8, 4) is 0 Å². The average Bonchev–Trinajstić information content (AvgIpc) is 2.34. The van der Waals surface area contributed by atoms with E-state index in [1.807, 2.05) is 0 Å². The van der Waals surface area contributed by atoms with Crippen LogP contribution in [-0.4, -0.2) is 40.0 Å². The van der Waals surface area contributed by atoms with Crippen molar-refractivity contribution in [1.29, 1.82) is 0 Å². The zero-order valence-corrected chi connectivity index (χ0v) is 10.3. The number of aromatic nitrogens is 1. The average molecular weight is 254 g/mol. The lowest BCUT2D eigenvalue weighted by atomic mass is 10.1. The highest BCUT2D eigenvalue weighted by atomic mass is 19.1. The van der Waals surface area contributed by atoms with Gasteiger partial charge < -0.3 is 10.0 Å². The molecule has 0 saturated heterocycles. The molecule has 6 heteroatoms. The largest absolute Gasteiger partial charge is 0.481 e. The van der Waals surface area contributed by atoms with Crippen LogP contribution in [0.25, 0.3) is 0 Å². The van der Waals surface area contributed by atoms with E-state index in [9.17, 15) is 14.0 Å². The van der Waals surface area contributed by atoms with Crippen LogP contribution < -0.4 is 0 Å². The Hall–Kier alpha value is -1.98. The Kier molecular flexibility index (Phi) is 4.76. The first-order valence-electron chi connectivity index (χ1n) is 5.58. The first-order valence-corrected chi connectivity index (χ1v) is 5.58. The second-order valence-electron chi connectivity index (χ2n) is 3.97. The fraction of sp³-hybridized carbons (Fsp3) is 0.417. The SMILES string of the molecule is CCN(CC(C)C(=O)O)C(=O)c1cncc(F)c1. The van der Waals surface area contributed by atoms with Crippen LogP contribution >= 0.6 is 0 Å². The molecule has 0 fully saturated rings. The Morgan fingerprint density at radius 3 is 2.67 bits per heavy atom. The van der Waals surface area contributed by atoms with Gasteiger partial charge in [0.15, 0.2) is 0 Å². The van der Waals surface area contributed by atoms with Crippen LogP contribution in [0.5, 0.6) is 0 Å². The van der Waals surface area contributed by atoms with E-state index in [2.05, 4.69) is 4.98 Å². The lowest BCUT2D eigenvalue weighted by molar-refractivity contribution is -0.141. The Balaban J connectivity index is 2.82. The first kappa shape index (κ1) is 14.1. The molecule has 1 aromatic rings. The number of carboxylic acids is 1. The third-order valence-corrected chi connectivity index (χ3v) is 2.54. The molecule has 0 aromatic carbocycles. The summed E-state index contributed by atoms with van der Waals surface area (Å²) in [6, 6.07) is 1.09. The normalized spacial score (nSPS) is 11.9. The van der Waals surface area contributed by atoms with Crippen LogP contribution in [0, 0.1) is 11.7 Å². The summed E-state index contributed by atoms with van der Waals surface area (Å²) in [5.74, 6) is -2.66. The van der Waals surface area contributed by atoms with Crippen molar-refractivity contribution >= 4 is 11.9 Å². The predicted molar refractivity (Wildman–Crippen MR) is 62.6 cm³/mol. The van der Waals surface area contributed by atoms with Gasteiger partial charge in [-0.25, -0.2) is 4.39 Å². The lowest BCUT2D eigenvalue weighted by Crippen LogP contribution is -2.36. The summed E-state index contributed by atoms with van der Waals surface area (Å²) in [4.78, 5) is 27.7. The van der Waals surface area contributed by atoms with Gasteiger partial charge in [-0.2, -0.15) is 0 Å². The van der Waals surface area contributed by atoms with Crippen molar-refractivity contribution in [3.05, 3.63) is 29.8 Å². The van der Waals surface area contributed by atoms with E-state index in [1.165, 1.54) is 18.0 Å². The van der Waals surface area contributed by atoms with Gasteiger partial charge in [0.1, 0.15) is 5.82 Å². The molecule has 0 aliphatic rings. The fourth-order valence-electron chi connectivity index (χ4n) is 1.48. The van der Waals surface area contributed by atoms with Crippen molar-refractivity contribution in [2.24, 2.45) is 5.92 Å². The molecule has 0 bridgehead atoms. The van der Waals surface area contributed by atoms with Crippen LogP contribution in [-0.2, 0) is 4.79 Å². The van der Waals surface area contributed by atoms with Crippen LogP contribution in [0.4, 0.5) is 4.39 Å². The van der Waals surface area contributed by atoms with Crippen molar-refractivity contribution in [2.75, 3.05) is 13.1 Å². The van der Waals surface area contributed by atoms with E-state index in [4.69, 9.17) is 5.11 Å². The minimum atomic E-state index is -0.974. The number of amides is 1. The summed E-state index contributed by atoms with van der Waals surface area (Å²) in [6.07, 6.45) is 2.27. The van der Waals surface area contributed by atoms with Crippen LogP contribution in [0.2, 0.25) is 0 Å². The Morgan fingerprint density at radius 2 is 2.17 bits per heavy atom. The van der Waals surface area contributed by atoms with Crippen molar-refractivity contribution in [2.45, 2.75) is 13.8 Å². The highest BCUT2D eigenvalue weighted by Gasteiger charge is 2.20. The number of nitrogens with zero attached hydrogens (tertiary/aromatic N) is 2. The number of hydrogen-bond donors (Lipinski definition) is 1. The molecule has 0 aliphatic heterocycles. The number of carboxylic acid groups (broad SMARTS) is 1. The first-order chi connectivity index (χ1) is 8.45. The number of carbonyl (C=O) groups excluding carboxylic acids is 1. The lowest BCUT2D eigenvalue weighted by Gasteiger charge is -2.22. The molecular formula is C12H15FN2O3. The zero-order chi connectivity index (χ0) is 13.7. The summed E-state index contributed by atoms with van der Waals surface area (Å²) < 4.78 is 13.0. The molecule has 98 valence electrons. The second-order valence-corrected chi connectivity index (χ2v) is 3.97. The molecule has 1 rings (SSSR count). The molecule has 0 saturated carbocycles. The van der Waals surface area contributed by atoms with Gasteiger partial charge in [-0.05, 0) is 13.0 Å². The predicted octanol–water partition coefficient (Wildman–Crippen LogP) is 1.40. The number of hydrogen-bond acceptors (Lipinski definition) is 3. The Labute approximate surface area is 104 Å². The van der Waals surface area contributed by atoms with Crippen LogP contribution in [0.1, 0.15) is 24.2 Å². The minimum absolute atomic E-state index is 0.0845. The van der Waals surface area contributed by atoms with E-state index in [-0.39, 0.29) is 12.1 Å². The van der Waals surface area contributed by atoms with E-state index in [0.717, 1.165) is 12.3 Å². The standard InChI is InChI=1S/C12H15FN2O3/c1-3-15(7-8(2)12(17)18)11(16)9-4-10(13)6-14-5-9/h4-6,8H,3,7H2,1-2H3,(H,17,18). The molecule has 1 atom stereocenters. The number of pyridine rings is 1. The van der Waals surface area contributed by atoms with E-state index in [1.54, 1.807) is 6.92 Å². The monoisotopic (exact) mass is 254 g/mol. The molecule has 1 amide bonds. The fourth-order valence-corrected chi connectivity index (χ4v) is 1.48.